The lowest BCUT2D eigenvalue weighted by Crippen LogP contribution is -2.18. The largest absolute Gasteiger partial charge is 0.198 e. The van der Waals surface area contributed by atoms with Crippen LogP contribution in [0.4, 0.5) is 0 Å². The molecule has 0 fully saturated rings. The summed E-state index contributed by atoms with van der Waals surface area (Å²) in [5.41, 5.74) is 1.18. The third-order valence-electron chi connectivity index (χ3n) is 1.72. The fraction of sp³-hybridized carbons (Fsp3) is 0.889. The Hall–Kier alpha value is 0.170. The van der Waals surface area contributed by atoms with Crippen LogP contribution in [0.25, 0.3) is 0 Å². The van der Waals surface area contributed by atoms with Gasteiger partial charge in [-0.25, -0.2) is 0 Å². The molecule has 0 atom stereocenters. The Kier molecular flexibility index (Phi) is 6.68. The van der Waals surface area contributed by atoms with Crippen LogP contribution in [0.2, 0.25) is 0 Å². The molecule has 0 saturated carbocycles. The number of nitrogens with zero attached hydrogens (tertiary/aromatic N) is 2. The summed E-state index contributed by atoms with van der Waals surface area (Å²) in [7, 11) is -0.304. The van der Waals surface area contributed by atoms with E-state index in [4.69, 9.17) is 17.0 Å². The van der Waals surface area contributed by atoms with Gasteiger partial charge >= 0.3 is 0 Å². The summed E-state index contributed by atoms with van der Waals surface area (Å²) in [4.78, 5) is 0. The maximum atomic E-state index is 8.45. The van der Waals surface area contributed by atoms with Crippen LogP contribution in [-0.2, 0) is 0 Å². The zero-order chi connectivity index (χ0) is 10.4. The molecule has 0 aliphatic rings. The van der Waals surface area contributed by atoms with E-state index in [1.54, 1.807) is 0 Å². The molecule has 0 spiro atoms. The minimum atomic E-state index is -0.304. The zero-order valence-electron chi connectivity index (χ0n) is 8.79. The van der Waals surface area contributed by atoms with Crippen LogP contribution in [0.3, 0.4) is 0 Å². The van der Waals surface area contributed by atoms with Crippen LogP contribution < -0.4 is 0 Å². The summed E-state index contributed by atoms with van der Waals surface area (Å²) in [6.45, 7) is 9.43. The van der Waals surface area contributed by atoms with Gasteiger partial charge in [0.2, 0.25) is 0 Å². The monoisotopic (exact) mass is 220 g/mol. The summed E-state index contributed by atoms with van der Waals surface area (Å²) < 4.78 is 1.84. The van der Waals surface area contributed by atoms with E-state index in [0.717, 1.165) is 0 Å². The van der Waals surface area contributed by atoms with Gasteiger partial charge in [-0.05, 0) is 31.2 Å². The number of nitriles is 1. The fourth-order valence-corrected chi connectivity index (χ4v) is 5.01. The van der Waals surface area contributed by atoms with Crippen molar-refractivity contribution in [3.8, 4) is 6.07 Å². The van der Waals surface area contributed by atoms with Crippen LogP contribution in [0.1, 0.15) is 34.1 Å². The highest BCUT2D eigenvalue weighted by Gasteiger charge is 2.22. The molecule has 4 heteroatoms. The van der Waals surface area contributed by atoms with Crippen LogP contribution in [0.15, 0.2) is 0 Å². The smallest absolute Gasteiger partial charge is 0.0635 e. The maximum absolute atomic E-state index is 8.45. The van der Waals surface area contributed by atoms with Crippen molar-refractivity contribution in [1.29, 1.82) is 5.26 Å². The second-order valence-electron chi connectivity index (χ2n) is 3.54. The molecule has 13 heavy (non-hydrogen) atoms. The molecule has 0 N–H and O–H groups in total. The minimum Gasteiger partial charge on any atom is -0.198 e. The van der Waals surface area contributed by atoms with E-state index in [0.29, 0.717) is 24.3 Å². The average Bonchev–Trinajstić information content (AvgIpc) is 1.99. The van der Waals surface area contributed by atoms with Gasteiger partial charge in [0.25, 0.3) is 0 Å². The van der Waals surface area contributed by atoms with Gasteiger partial charge in [0, 0.05) is 13.0 Å². The first-order chi connectivity index (χ1) is 6.00. The van der Waals surface area contributed by atoms with Crippen molar-refractivity contribution in [2.45, 2.75) is 45.4 Å². The molecule has 0 bridgehead atoms. The lowest BCUT2D eigenvalue weighted by atomic mass is 10.5. The number of hydrogen-bond donors (Lipinski definition) is 0. The molecule has 0 aromatic rings. The van der Waals surface area contributed by atoms with Gasteiger partial charge in [-0.2, -0.15) is 9.45 Å². The van der Waals surface area contributed by atoms with Gasteiger partial charge < -0.3 is 0 Å². The first-order valence-electron chi connectivity index (χ1n) is 4.59. The second kappa shape index (κ2) is 6.60. The van der Waals surface area contributed by atoms with Gasteiger partial charge in [0.15, 0.2) is 0 Å². The van der Waals surface area contributed by atoms with Crippen LogP contribution in [0.5, 0.6) is 0 Å². The van der Waals surface area contributed by atoms with Crippen molar-refractivity contribution in [2.75, 3.05) is 6.54 Å². The number of halogens is 1. The predicted octanol–water partition coefficient (Wildman–Crippen LogP) is 3.57. The van der Waals surface area contributed by atoms with E-state index in [1.807, 2.05) is 4.19 Å². The lowest BCUT2D eigenvalue weighted by Gasteiger charge is -2.31. The Morgan fingerprint density at radius 1 is 1.31 bits per heavy atom. The topological polar surface area (TPSA) is 27.0 Å². The van der Waals surface area contributed by atoms with Gasteiger partial charge in [0.05, 0.1) is 6.07 Å². The highest BCUT2D eigenvalue weighted by Crippen LogP contribution is 2.50. The summed E-state index contributed by atoms with van der Waals surface area (Å²) in [5.74, 6) is 0. The van der Waals surface area contributed by atoms with E-state index in [9.17, 15) is 0 Å². The van der Waals surface area contributed by atoms with Crippen molar-refractivity contribution >= 4 is 19.8 Å². The molecule has 0 aromatic carbocycles. The van der Waals surface area contributed by atoms with Crippen LogP contribution >= 0.6 is 19.8 Å². The van der Waals surface area contributed by atoms with Crippen molar-refractivity contribution in [2.24, 2.45) is 0 Å². The lowest BCUT2D eigenvalue weighted by molar-refractivity contribution is 0.685. The van der Waals surface area contributed by atoms with Crippen molar-refractivity contribution in [1.82, 2.24) is 4.19 Å². The SMILES string of the molecule is CC(C)P(C(C)C)N(Cl)CCC#N. The molecule has 0 aliphatic heterocycles. The van der Waals surface area contributed by atoms with Crippen molar-refractivity contribution < 1.29 is 0 Å². The highest BCUT2D eigenvalue weighted by atomic mass is 35.5. The van der Waals surface area contributed by atoms with E-state index in [-0.39, 0.29) is 8.07 Å². The first kappa shape index (κ1) is 13.2. The maximum Gasteiger partial charge on any atom is 0.0635 e. The normalized spacial score (nSPS) is 11.7. The Bertz CT molecular complexity index is 169. The molecule has 76 valence electrons. The molecule has 0 saturated heterocycles. The summed E-state index contributed by atoms with van der Waals surface area (Å²) in [6.07, 6.45) is 0.516. The quantitative estimate of drug-likeness (QED) is 0.523. The van der Waals surface area contributed by atoms with Crippen molar-refractivity contribution in [3.05, 3.63) is 0 Å². The standard InChI is InChI=1S/C9H18ClN2P/c1-8(2)13(9(3)4)12(10)7-5-6-11/h8-9H,5,7H2,1-4H3. The number of hydrogen-bond acceptors (Lipinski definition) is 2. The Balaban J connectivity index is 4.13. The third-order valence-corrected chi connectivity index (χ3v) is 5.23. The Morgan fingerprint density at radius 3 is 2.08 bits per heavy atom. The van der Waals surface area contributed by atoms with Crippen LogP contribution in [-0.4, -0.2) is 22.1 Å². The Labute approximate surface area is 87.8 Å². The molecule has 0 aromatic heterocycles. The van der Waals surface area contributed by atoms with E-state index in [1.165, 1.54) is 0 Å². The van der Waals surface area contributed by atoms with Gasteiger partial charge in [0.1, 0.15) is 0 Å². The summed E-state index contributed by atoms with van der Waals surface area (Å²) in [5, 5.41) is 8.45. The van der Waals surface area contributed by atoms with Gasteiger partial charge in [-0.1, -0.05) is 27.7 Å². The molecule has 0 radical (unpaired) electrons. The van der Waals surface area contributed by atoms with Crippen LogP contribution in [0, 0.1) is 11.3 Å². The third kappa shape index (κ3) is 4.81. The number of rotatable bonds is 5. The molecule has 0 heterocycles. The van der Waals surface area contributed by atoms with E-state index >= 15 is 0 Å². The predicted molar refractivity (Wildman–Crippen MR) is 60.0 cm³/mol. The second-order valence-corrected chi connectivity index (χ2v) is 7.49. The first-order valence-corrected chi connectivity index (χ1v) is 6.36. The molecule has 0 unspecified atom stereocenters. The van der Waals surface area contributed by atoms with Gasteiger partial charge in [-0.3, -0.25) is 0 Å². The minimum absolute atomic E-state index is 0.304. The molecule has 2 nitrogen and oxygen atoms in total. The summed E-state index contributed by atoms with van der Waals surface area (Å²) in [6, 6.07) is 2.12. The molecular weight excluding hydrogens is 203 g/mol. The Morgan fingerprint density at radius 2 is 1.77 bits per heavy atom. The van der Waals surface area contributed by atoms with Gasteiger partial charge in [-0.15, -0.1) is 0 Å². The van der Waals surface area contributed by atoms with Crippen molar-refractivity contribution in [3.63, 3.8) is 0 Å². The highest BCUT2D eigenvalue weighted by molar-refractivity contribution is 7.57. The van der Waals surface area contributed by atoms with E-state index < -0.39 is 0 Å². The molecule has 0 amide bonds. The fourth-order valence-electron chi connectivity index (χ4n) is 1.36. The molecule has 0 rings (SSSR count). The molecular formula is C9H18ClN2P. The summed E-state index contributed by atoms with van der Waals surface area (Å²) >= 11 is 6.13. The average molecular weight is 221 g/mol. The van der Waals surface area contributed by atoms with E-state index in [2.05, 4.69) is 33.8 Å². The molecule has 0 aliphatic carbocycles. The zero-order valence-corrected chi connectivity index (χ0v) is 10.4.